The highest BCUT2D eigenvalue weighted by molar-refractivity contribution is 7.92. The van der Waals surface area contributed by atoms with Crippen molar-refractivity contribution in [2.75, 3.05) is 50.2 Å². The summed E-state index contributed by atoms with van der Waals surface area (Å²) in [5, 5.41) is 13.0. The minimum atomic E-state index is -4.04. The van der Waals surface area contributed by atoms with Gasteiger partial charge in [0.1, 0.15) is 5.75 Å². The predicted molar refractivity (Wildman–Crippen MR) is 185 cm³/mol. The molecule has 0 unspecified atom stereocenters. The number of ether oxygens (including phenoxy) is 4. The Morgan fingerprint density at radius 3 is 2.58 bits per heavy atom. The standard InChI is InChI=1S/C34H46N6O9S/c1-22-16-40(23(2)19-41)33(42)27-14-26(37-50(44,45)32-18-38(4)20-35-32)10-11-28(27)49-24(3)8-6-7-13-46-31(22)17-39(5)34(43)36-25-9-12-29-30(15-25)48-21-47-29/h9-12,14-15,18,20,22-24,31,37,41H,6-8,13,16-17,19,21H2,1-5H3,(H,36,43)/t22-,23+,24+,31-/m0/s1. The molecule has 50 heavy (non-hydrogen) atoms. The van der Waals surface area contributed by atoms with Crippen LogP contribution in [-0.2, 0) is 21.8 Å². The molecule has 3 amide bonds. The van der Waals surface area contributed by atoms with Crippen molar-refractivity contribution in [1.82, 2.24) is 19.4 Å². The lowest BCUT2D eigenvalue weighted by atomic mass is 10.0. The van der Waals surface area contributed by atoms with Crippen LogP contribution in [0.25, 0.3) is 0 Å². The number of nitrogens with zero attached hydrogens (tertiary/aromatic N) is 4. The Hall–Kier alpha value is -4.54. The van der Waals surface area contributed by atoms with Gasteiger partial charge in [-0.05, 0) is 63.4 Å². The minimum Gasteiger partial charge on any atom is -0.490 e. The Labute approximate surface area is 292 Å². The van der Waals surface area contributed by atoms with Crippen LogP contribution < -0.4 is 24.2 Å². The number of aliphatic hydroxyl groups excluding tert-OH is 1. The molecule has 3 aromatic rings. The van der Waals surface area contributed by atoms with Crippen molar-refractivity contribution < 1.29 is 42.1 Å². The molecule has 0 fully saturated rings. The van der Waals surface area contributed by atoms with E-state index < -0.39 is 28.1 Å². The van der Waals surface area contributed by atoms with E-state index in [1.165, 1.54) is 33.0 Å². The van der Waals surface area contributed by atoms with Gasteiger partial charge < -0.3 is 43.7 Å². The molecule has 2 aliphatic heterocycles. The summed E-state index contributed by atoms with van der Waals surface area (Å²) < 4.78 is 53.6. The highest BCUT2D eigenvalue weighted by atomic mass is 32.2. The third-order valence-corrected chi connectivity index (χ3v) is 9.95. The number of carbonyl (C=O) groups is 2. The number of aliphatic hydroxyl groups is 1. The molecule has 1 aromatic heterocycles. The minimum absolute atomic E-state index is 0.126. The van der Waals surface area contributed by atoms with Gasteiger partial charge in [-0.3, -0.25) is 9.52 Å². The Morgan fingerprint density at radius 2 is 1.84 bits per heavy atom. The largest absolute Gasteiger partial charge is 0.490 e. The molecule has 2 aliphatic rings. The van der Waals surface area contributed by atoms with Gasteiger partial charge in [-0.15, -0.1) is 0 Å². The third-order valence-electron chi connectivity index (χ3n) is 8.68. The molecule has 0 spiro atoms. The Morgan fingerprint density at radius 1 is 1.10 bits per heavy atom. The number of rotatable bonds is 8. The van der Waals surface area contributed by atoms with Crippen LogP contribution in [0.5, 0.6) is 17.2 Å². The summed E-state index contributed by atoms with van der Waals surface area (Å²) in [5.41, 5.74) is 0.845. The number of sulfonamides is 1. The molecule has 15 nitrogen and oxygen atoms in total. The summed E-state index contributed by atoms with van der Waals surface area (Å²) in [5.74, 6) is 0.723. The summed E-state index contributed by atoms with van der Waals surface area (Å²) in [6.07, 6.45) is 4.26. The van der Waals surface area contributed by atoms with E-state index in [1.807, 2.05) is 13.8 Å². The summed E-state index contributed by atoms with van der Waals surface area (Å²) in [6, 6.07) is 8.78. The average Bonchev–Trinajstić information content (AvgIpc) is 3.75. The second kappa shape index (κ2) is 16.0. The zero-order valence-electron chi connectivity index (χ0n) is 29.0. The van der Waals surface area contributed by atoms with Gasteiger partial charge in [0.15, 0.2) is 16.5 Å². The maximum absolute atomic E-state index is 14.4. The second-order valence-corrected chi connectivity index (χ2v) is 14.5. The quantitative estimate of drug-likeness (QED) is 0.311. The fraction of sp³-hybridized carbons (Fsp3) is 0.500. The molecule has 0 aliphatic carbocycles. The second-order valence-electron chi connectivity index (χ2n) is 12.9. The van der Waals surface area contributed by atoms with Gasteiger partial charge in [-0.25, -0.2) is 9.78 Å². The number of nitrogens with one attached hydrogen (secondary N) is 2. The van der Waals surface area contributed by atoms with Crippen molar-refractivity contribution in [3.63, 3.8) is 0 Å². The maximum Gasteiger partial charge on any atom is 0.321 e. The number of amides is 3. The lowest BCUT2D eigenvalue weighted by molar-refractivity contribution is -0.0115. The van der Waals surface area contributed by atoms with Gasteiger partial charge in [0.25, 0.3) is 15.9 Å². The van der Waals surface area contributed by atoms with E-state index in [0.717, 1.165) is 12.8 Å². The molecular formula is C34H46N6O9S. The van der Waals surface area contributed by atoms with Crippen LogP contribution >= 0.6 is 0 Å². The summed E-state index contributed by atoms with van der Waals surface area (Å²) in [6.45, 7) is 6.21. The van der Waals surface area contributed by atoms with Crippen molar-refractivity contribution in [2.24, 2.45) is 13.0 Å². The first-order valence-corrected chi connectivity index (χ1v) is 18.1. The van der Waals surface area contributed by atoms with Gasteiger partial charge in [0.05, 0.1) is 36.7 Å². The molecule has 4 atom stereocenters. The third kappa shape index (κ3) is 8.97. The van der Waals surface area contributed by atoms with Crippen LogP contribution in [0, 0.1) is 5.92 Å². The molecule has 16 heteroatoms. The number of aromatic nitrogens is 2. The van der Waals surface area contributed by atoms with E-state index in [4.69, 9.17) is 18.9 Å². The van der Waals surface area contributed by atoms with Gasteiger partial charge in [-0.1, -0.05) is 6.92 Å². The summed E-state index contributed by atoms with van der Waals surface area (Å²) in [4.78, 5) is 34.6. The van der Waals surface area contributed by atoms with E-state index in [9.17, 15) is 23.1 Å². The zero-order valence-corrected chi connectivity index (χ0v) is 29.8. The molecule has 5 rings (SSSR count). The van der Waals surface area contributed by atoms with E-state index in [1.54, 1.807) is 51.4 Å². The SMILES string of the molecule is C[C@@H]1CCCCO[C@@H](CN(C)C(=O)Nc2ccc3c(c2)OCO3)[C@@H](C)CN([C@H](C)CO)C(=O)c2cc(NS(=O)(=O)c3cn(C)cn3)ccc2O1. The molecule has 3 N–H and O–H groups in total. The highest BCUT2D eigenvalue weighted by Crippen LogP contribution is 2.34. The molecule has 0 saturated heterocycles. The fourth-order valence-electron chi connectivity index (χ4n) is 5.73. The molecule has 0 bridgehead atoms. The number of aryl methyl sites for hydroxylation is 1. The molecule has 2 aromatic carbocycles. The van der Waals surface area contributed by atoms with Crippen molar-refractivity contribution in [2.45, 2.75) is 63.3 Å². The molecule has 3 heterocycles. The number of urea groups is 1. The maximum atomic E-state index is 14.4. The Balaban J connectivity index is 1.38. The number of carbonyl (C=O) groups excluding carboxylic acids is 2. The van der Waals surface area contributed by atoms with E-state index >= 15 is 0 Å². The number of imidazole rings is 1. The fourth-order valence-corrected chi connectivity index (χ4v) is 6.76. The molecular weight excluding hydrogens is 668 g/mol. The average molecular weight is 715 g/mol. The van der Waals surface area contributed by atoms with Gasteiger partial charge in [0.2, 0.25) is 6.79 Å². The Kier molecular flexibility index (Phi) is 11.8. The van der Waals surface area contributed by atoms with Crippen LogP contribution in [0.2, 0.25) is 0 Å². The van der Waals surface area contributed by atoms with Crippen molar-refractivity contribution in [1.29, 1.82) is 0 Å². The molecule has 0 radical (unpaired) electrons. The van der Waals surface area contributed by atoms with Gasteiger partial charge in [0, 0.05) is 63.3 Å². The van der Waals surface area contributed by atoms with Crippen LogP contribution in [0.1, 0.15) is 50.4 Å². The van der Waals surface area contributed by atoms with E-state index in [-0.39, 0.29) is 60.8 Å². The van der Waals surface area contributed by atoms with Crippen molar-refractivity contribution >= 4 is 33.3 Å². The number of likely N-dealkylation sites (N-methyl/N-ethyl adjacent to an activating group) is 1. The smallest absolute Gasteiger partial charge is 0.321 e. The predicted octanol–water partition coefficient (Wildman–Crippen LogP) is 3.91. The summed E-state index contributed by atoms with van der Waals surface area (Å²) >= 11 is 0. The lowest BCUT2D eigenvalue weighted by Crippen LogP contribution is -2.48. The van der Waals surface area contributed by atoms with Crippen LogP contribution in [-0.4, -0.2) is 103 Å². The first-order valence-electron chi connectivity index (χ1n) is 16.6. The van der Waals surface area contributed by atoms with Gasteiger partial charge in [-0.2, -0.15) is 8.42 Å². The topological polar surface area (TPSA) is 174 Å². The summed E-state index contributed by atoms with van der Waals surface area (Å²) in [7, 11) is -0.706. The van der Waals surface area contributed by atoms with Crippen molar-refractivity contribution in [3.8, 4) is 17.2 Å². The molecule has 272 valence electrons. The normalized spacial score (nSPS) is 20.6. The monoisotopic (exact) mass is 714 g/mol. The van der Waals surface area contributed by atoms with Crippen LogP contribution in [0.3, 0.4) is 0 Å². The number of fused-ring (bicyclic) bond motifs is 2. The first kappa shape index (κ1) is 36.7. The molecule has 0 saturated carbocycles. The number of hydrogen-bond acceptors (Lipinski definition) is 10. The van der Waals surface area contributed by atoms with Crippen molar-refractivity contribution in [3.05, 3.63) is 54.5 Å². The van der Waals surface area contributed by atoms with E-state index in [0.29, 0.717) is 36.0 Å². The number of anilines is 2. The highest BCUT2D eigenvalue weighted by Gasteiger charge is 2.31. The Bertz CT molecular complexity index is 1770. The first-order chi connectivity index (χ1) is 23.8. The van der Waals surface area contributed by atoms with Crippen LogP contribution in [0.4, 0.5) is 16.2 Å². The zero-order chi connectivity index (χ0) is 36.0. The number of benzene rings is 2. The van der Waals surface area contributed by atoms with E-state index in [2.05, 4.69) is 15.0 Å². The number of hydrogen-bond donors (Lipinski definition) is 3. The van der Waals surface area contributed by atoms with Crippen LogP contribution in [0.15, 0.2) is 53.9 Å². The lowest BCUT2D eigenvalue weighted by Gasteiger charge is -2.35. The van der Waals surface area contributed by atoms with Gasteiger partial charge >= 0.3 is 6.03 Å².